The molecule has 0 saturated carbocycles. The van der Waals surface area contributed by atoms with Gasteiger partial charge in [-0.05, 0) is 38.8 Å². The summed E-state index contributed by atoms with van der Waals surface area (Å²) in [5.74, 6) is 3.88. The van der Waals surface area contributed by atoms with Gasteiger partial charge in [-0.3, -0.25) is 0 Å². The molecule has 0 spiro atoms. The largest absolute Gasteiger partial charge is 0.491 e. The molecule has 0 atom stereocenters. The zero-order chi connectivity index (χ0) is 34.3. The fraction of sp³-hybridized carbons (Fsp3) is 0.667. The first-order valence-electron chi connectivity index (χ1n) is 19.8. The van der Waals surface area contributed by atoms with Crippen LogP contribution in [0.3, 0.4) is 0 Å². The van der Waals surface area contributed by atoms with Crippen molar-refractivity contribution in [2.24, 2.45) is 0 Å². The molecule has 4 aromatic rings. The number of unbranched alkanes of at least 4 members (excludes halogenated alkanes) is 18. The number of rotatable bonds is 25. The lowest BCUT2D eigenvalue weighted by Gasteiger charge is -2.16. The summed E-state index contributed by atoms with van der Waals surface area (Å²) in [4.78, 5) is 4.84. The molecule has 0 radical (unpaired) electrons. The summed E-state index contributed by atoms with van der Waals surface area (Å²) in [6.07, 6.45) is 26.5. The van der Waals surface area contributed by atoms with E-state index in [0.717, 1.165) is 53.9 Å². The molecule has 1 aliphatic heterocycles. The minimum absolute atomic E-state index is 0.594. The fourth-order valence-electron chi connectivity index (χ4n) is 7.01. The first-order chi connectivity index (χ1) is 24.1. The van der Waals surface area contributed by atoms with E-state index in [1.807, 2.05) is 22.7 Å². The molecule has 5 rings (SSSR count). The van der Waals surface area contributed by atoms with E-state index < -0.39 is 0 Å². The van der Waals surface area contributed by atoms with Crippen molar-refractivity contribution in [3.05, 3.63) is 21.9 Å². The lowest BCUT2D eigenvalue weighted by molar-refractivity contribution is 0.173. The van der Waals surface area contributed by atoms with Crippen LogP contribution in [0, 0.1) is 13.8 Å². The average molecular weight is 727 g/mol. The van der Waals surface area contributed by atoms with Gasteiger partial charge in [-0.1, -0.05) is 129 Å². The number of hydrogen-bond acceptors (Lipinski definition) is 7. The highest BCUT2D eigenvalue weighted by Crippen LogP contribution is 2.55. The van der Waals surface area contributed by atoms with E-state index in [1.165, 1.54) is 150 Å². The van der Waals surface area contributed by atoms with Crippen molar-refractivity contribution in [3.63, 3.8) is 0 Å². The van der Waals surface area contributed by atoms with Gasteiger partial charge in [-0.15, -0.1) is 34.0 Å². The molecule has 0 N–H and O–H groups in total. The zero-order valence-electron chi connectivity index (χ0n) is 31.0. The third-order valence-corrected chi connectivity index (χ3v) is 13.2. The summed E-state index contributed by atoms with van der Waals surface area (Å²) in [6.45, 7) is 11.6. The van der Waals surface area contributed by atoms with Crippen LogP contribution in [0.5, 0.6) is 23.0 Å². The quantitative estimate of drug-likeness (QED) is 0.0637. The summed E-state index contributed by atoms with van der Waals surface area (Å²) in [6, 6.07) is 4.65. The number of ether oxygens (including phenoxy) is 4. The molecule has 0 amide bonds. The number of aryl methyl sites for hydroxylation is 2. The van der Waals surface area contributed by atoms with Crippen molar-refractivity contribution < 1.29 is 18.9 Å². The van der Waals surface area contributed by atoms with Gasteiger partial charge >= 0.3 is 0 Å². The van der Waals surface area contributed by atoms with Crippen molar-refractivity contribution in [1.29, 1.82) is 0 Å². The summed E-state index contributed by atoms with van der Waals surface area (Å²) in [5.41, 5.74) is 0. The lowest BCUT2D eigenvalue weighted by atomic mass is 10.1. The SMILES string of the molecule is CCCCCCCCCCCCOc1c2cc(-c3sc(C)c4c3OCCO4)sc2c(OCCCCCCCCCCCC)c2cc(C)sc12. The van der Waals surface area contributed by atoms with Crippen LogP contribution in [0.2, 0.25) is 0 Å². The molecule has 0 bridgehead atoms. The Morgan fingerprint density at radius 2 is 0.980 bits per heavy atom. The smallest absolute Gasteiger partial charge is 0.181 e. The molecule has 1 aliphatic rings. The molecular formula is C42H62O4S3. The Hall–Kier alpha value is -1.96. The van der Waals surface area contributed by atoms with Gasteiger partial charge < -0.3 is 18.9 Å². The van der Waals surface area contributed by atoms with Gasteiger partial charge in [-0.2, -0.15) is 0 Å². The highest BCUT2D eigenvalue weighted by Gasteiger charge is 2.27. The maximum Gasteiger partial charge on any atom is 0.181 e. The van der Waals surface area contributed by atoms with Gasteiger partial charge in [0.1, 0.15) is 24.7 Å². The Kier molecular flexibility index (Phi) is 16.2. The summed E-state index contributed by atoms with van der Waals surface area (Å²) >= 11 is 5.43. The molecular weight excluding hydrogens is 665 g/mol. The zero-order valence-corrected chi connectivity index (χ0v) is 33.4. The van der Waals surface area contributed by atoms with Gasteiger partial charge in [0.15, 0.2) is 11.5 Å². The summed E-state index contributed by atoms with van der Waals surface area (Å²) in [5, 5.41) is 2.38. The Morgan fingerprint density at radius 1 is 0.531 bits per heavy atom. The number of thiophene rings is 3. The van der Waals surface area contributed by atoms with Crippen LogP contribution in [0.4, 0.5) is 0 Å². The molecule has 0 fully saturated rings. The number of benzene rings is 1. The average Bonchev–Trinajstić information content (AvgIpc) is 3.81. The second-order valence-electron chi connectivity index (χ2n) is 14.0. The van der Waals surface area contributed by atoms with E-state index >= 15 is 0 Å². The molecule has 1 aromatic carbocycles. The predicted molar refractivity (Wildman–Crippen MR) is 216 cm³/mol. The first kappa shape index (κ1) is 38.3. The van der Waals surface area contributed by atoms with Crippen molar-refractivity contribution in [2.75, 3.05) is 26.4 Å². The van der Waals surface area contributed by atoms with E-state index in [9.17, 15) is 0 Å². The third-order valence-electron chi connectivity index (χ3n) is 9.76. The molecule has 3 aromatic heterocycles. The number of fused-ring (bicyclic) bond motifs is 3. The minimum atomic E-state index is 0.594. The Bertz CT molecular complexity index is 1470. The first-order valence-corrected chi connectivity index (χ1v) is 22.2. The Morgan fingerprint density at radius 3 is 1.51 bits per heavy atom. The molecule has 4 heterocycles. The predicted octanol–water partition coefficient (Wildman–Crippen LogP) is 14.8. The lowest BCUT2D eigenvalue weighted by Crippen LogP contribution is -2.14. The van der Waals surface area contributed by atoms with E-state index in [0.29, 0.717) is 13.2 Å². The molecule has 272 valence electrons. The monoisotopic (exact) mass is 726 g/mol. The van der Waals surface area contributed by atoms with Gasteiger partial charge in [0.25, 0.3) is 0 Å². The summed E-state index contributed by atoms with van der Waals surface area (Å²) < 4.78 is 28.2. The van der Waals surface area contributed by atoms with Crippen molar-refractivity contribution in [1.82, 2.24) is 0 Å². The van der Waals surface area contributed by atoms with Crippen LogP contribution in [0.1, 0.15) is 152 Å². The van der Waals surface area contributed by atoms with E-state index in [1.54, 1.807) is 11.3 Å². The van der Waals surface area contributed by atoms with Gasteiger partial charge in [0, 0.05) is 25.4 Å². The molecule has 0 saturated heterocycles. The molecule has 0 unspecified atom stereocenters. The van der Waals surface area contributed by atoms with Crippen LogP contribution in [-0.4, -0.2) is 26.4 Å². The standard InChI is InChI=1S/C42H62O4S3/c1-5-7-9-11-13-15-17-19-21-23-25-43-37-33-29-31(3)47-40(33)38(44-26-24-22-20-18-16-14-12-10-8-6-2)34-30-35(49-41(34)37)42-39-36(32(4)48-42)45-27-28-46-39/h29-30H,5-28H2,1-4H3. The highest BCUT2D eigenvalue weighted by atomic mass is 32.1. The van der Waals surface area contributed by atoms with Crippen molar-refractivity contribution >= 4 is 54.2 Å². The molecule has 0 aliphatic carbocycles. The van der Waals surface area contributed by atoms with Crippen LogP contribution >= 0.6 is 34.0 Å². The second-order valence-corrected chi connectivity index (χ2v) is 17.5. The number of hydrogen-bond donors (Lipinski definition) is 0. The van der Waals surface area contributed by atoms with Gasteiger partial charge in [0.05, 0.1) is 27.5 Å². The van der Waals surface area contributed by atoms with Crippen LogP contribution in [0.15, 0.2) is 12.1 Å². The fourth-order valence-corrected chi connectivity index (χ4v) is 10.3. The molecule has 49 heavy (non-hydrogen) atoms. The minimum Gasteiger partial charge on any atom is -0.491 e. The normalized spacial score (nSPS) is 12.8. The highest BCUT2D eigenvalue weighted by molar-refractivity contribution is 7.27. The van der Waals surface area contributed by atoms with E-state index in [2.05, 4.69) is 39.8 Å². The topological polar surface area (TPSA) is 36.9 Å². The van der Waals surface area contributed by atoms with Gasteiger partial charge in [0.2, 0.25) is 0 Å². The van der Waals surface area contributed by atoms with Crippen LogP contribution in [0.25, 0.3) is 29.9 Å². The maximum absolute atomic E-state index is 6.76. The summed E-state index contributed by atoms with van der Waals surface area (Å²) in [7, 11) is 0. The second kappa shape index (κ2) is 20.8. The maximum atomic E-state index is 6.76. The Labute approximate surface area is 308 Å². The molecule has 7 heteroatoms. The van der Waals surface area contributed by atoms with Crippen LogP contribution in [-0.2, 0) is 0 Å². The van der Waals surface area contributed by atoms with Crippen molar-refractivity contribution in [3.8, 4) is 32.8 Å². The van der Waals surface area contributed by atoms with Crippen LogP contribution < -0.4 is 18.9 Å². The van der Waals surface area contributed by atoms with Gasteiger partial charge in [-0.25, -0.2) is 0 Å². The Balaban J connectivity index is 1.27. The molecule has 4 nitrogen and oxygen atoms in total. The van der Waals surface area contributed by atoms with E-state index in [4.69, 9.17) is 18.9 Å². The van der Waals surface area contributed by atoms with Crippen molar-refractivity contribution in [2.45, 2.75) is 156 Å². The van der Waals surface area contributed by atoms with E-state index in [-0.39, 0.29) is 0 Å². The third kappa shape index (κ3) is 10.8.